The van der Waals surface area contributed by atoms with Crippen molar-refractivity contribution in [1.29, 1.82) is 0 Å². The van der Waals surface area contributed by atoms with Gasteiger partial charge in [-0.25, -0.2) is 13.8 Å². The summed E-state index contributed by atoms with van der Waals surface area (Å²) in [5.74, 6) is -1.03. The molecule has 12 heteroatoms. The van der Waals surface area contributed by atoms with Gasteiger partial charge in [0.2, 0.25) is 0 Å². The van der Waals surface area contributed by atoms with Crippen LogP contribution in [0.2, 0.25) is 0 Å². The highest BCUT2D eigenvalue weighted by atomic mass is 19.1. The van der Waals surface area contributed by atoms with E-state index in [1.807, 2.05) is 25.8 Å². The van der Waals surface area contributed by atoms with Crippen molar-refractivity contribution in [2.75, 3.05) is 45.8 Å². The molecule has 1 amide bonds. The summed E-state index contributed by atoms with van der Waals surface area (Å²) in [4.78, 5) is 24.7. The molecule has 0 unspecified atom stereocenters. The van der Waals surface area contributed by atoms with E-state index in [1.165, 1.54) is 12.0 Å². The van der Waals surface area contributed by atoms with Crippen molar-refractivity contribution in [3.8, 4) is 6.01 Å². The molecule has 0 radical (unpaired) electrons. The Morgan fingerprint density at radius 2 is 2.00 bits per heavy atom. The lowest BCUT2D eigenvalue weighted by molar-refractivity contribution is -0.153. The van der Waals surface area contributed by atoms with E-state index in [9.17, 15) is 9.18 Å². The van der Waals surface area contributed by atoms with Crippen LogP contribution in [0.25, 0.3) is 0 Å². The summed E-state index contributed by atoms with van der Waals surface area (Å²) in [5, 5.41) is 10.0. The lowest BCUT2D eigenvalue weighted by Gasteiger charge is -2.40. The number of hydrogen-bond donors (Lipinski definition) is 2. The molecule has 2 aliphatic rings. The number of piperidine rings is 1. The first-order valence-electron chi connectivity index (χ1n) is 10.8. The van der Waals surface area contributed by atoms with Gasteiger partial charge in [0, 0.05) is 38.6 Å². The number of anilines is 2. The van der Waals surface area contributed by atoms with Gasteiger partial charge >= 0.3 is 6.01 Å². The number of aromatic amines is 1. The second-order valence-electron chi connectivity index (χ2n) is 8.96. The molecule has 2 aliphatic heterocycles. The zero-order valence-electron chi connectivity index (χ0n) is 19.2. The molecule has 1 saturated heterocycles. The molecule has 33 heavy (non-hydrogen) atoms. The number of nitrogens with zero attached hydrogens (tertiary/aromatic N) is 5. The zero-order chi connectivity index (χ0) is 23.8. The molecule has 1 fully saturated rings. The van der Waals surface area contributed by atoms with Gasteiger partial charge in [0.25, 0.3) is 5.91 Å². The first kappa shape index (κ1) is 23.3. The maximum Gasteiger partial charge on any atom is 0.318 e. The molecule has 0 aliphatic carbocycles. The van der Waals surface area contributed by atoms with Crippen LogP contribution in [0, 0.1) is 5.82 Å². The standard InChI is InChI=1S/C21H29F2N7O3/c1-20(2)15-13(12-30(20)18(31)21(23)5-7-29(3)8-6-21)16(28-27-15)25-17-14(22)11-24-19(26-17)33-10-9-32-4/h11H,5-10,12H2,1-4H3,(H2,24,25,26,27,28). The van der Waals surface area contributed by atoms with Crippen molar-refractivity contribution in [1.82, 2.24) is 30.0 Å². The topological polar surface area (TPSA) is 108 Å². The molecule has 180 valence electrons. The molecule has 0 spiro atoms. The average molecular weight is 466 g/mol. The normalized spacial score (nSPS) is 19.4. The van der Waals surface area contributed by atoms with Crippen LogP contribution in [0.1, 0.15) is 37.9 Å². The number of methoxy groups -OCH3 is 1. The molecule has 10 nitrogen and oxygen atoms in total. The van der Waals surface area contributed by atoms with Gasteiger partial charge in [-0.2, -0.15) is 10.1 Å². The summed E-state index contributed by atoms with van der Waals surface area (Å²) in [6, 6.07) is -0.0121. The fourth-order valence-electron chi connectivity index (χ4n) is 4.21. The largest absolute Gasteiger partial charge is 0.461 e. The number of alkyl halides is 1. The molecule has 2 aromatic rings. The maximum absolute atomic E-state index is 15.6. The van der Waals surface area contributed by atoms with Crippen molar-refractivity contribution in [3.05, 3.63) is 23.3 Å². The highest BCUT2D eigenvalue weighted by Gasteiger charge is 2.51. The van der Waals surface area contributed by atoms with Crippen molar-refractivity contribution in [2.24, 2.45) is 0 Å². The van der Waals surface area contributed by atoms with Crippen LogP contribution in [0.4, 0.5) is 20.4 Å². The molecule has 2 aromatic heterocycles. The fourth-order valence-corrected chi connectivity index (χ4v) is 4.21. The predicted octanol–water partition coefficient (Wildman–Crippen LogP) is 2.12. The minimum absolute atomic E-state index is 0.0121. The number of H-pyrrole nitrogens is 1. The van der Waals surface area contributed by atoms with Gasteiger partial charge in [0.05, 0.1) is 30.6 Å². The molecule has 4 heterocycles. The van der Waals surface area contributed by atoms with Crippen molar-refractivity contribution < 1.29 is 23.0 Å². The molecule has 0 atom stereocenters. The number of carbonyl (C=O) groups is 1. The van der Waals surface area contributed by atoms with E-state index in [1.54, 1.807) is 0 Å². The van der Waals surface area contributed by atoms with E-state index in [0.29, 0.717) is 36.8 Å². The third kappa shape index (κ3) is 4.36. The minimum Gasteiger partial charge on any atom is -0.461 e. The van der Waals surface area contributed by atoms with Crippen LogP contribution >= 0.6 is 0 Å². The number of halogens is 2. The summed E-state index contributed by atoms with van der Waals surface area (Å²) in [7, 11) is 3.45. The molecule has 0 saturated carbocycles. The number of ether oxygens (including phenoxy) is 2. The Hall–Kier alpha value is -2.86. The Balaban J connectivity index is 1.54. The van der Waals surface area contributed by atoms with Gasteiger partial charge in [0.1, 0.15) is 6.61 Å². The van der Waals surface area contributed by atoms with Crippen LogP contribution in [0.15, 0.2) is 6.20 Å². The average Bonchev–Trinajstić information content (AvgIpc) is 3.30. The predicted molar refractivity (Wildman–Crippen MR) is 115 cm³/mol. The van der Waals surface area contributed by atoms with Crippen LogP contribution in [0.5, 0.6) is 6.01 Å². The summed E-state index contributed by atoms with van der Waals surface area (Å²) in [5.41, 5.74) is -1.38. The van der Waals surface area contributed by atoms with Gasteiger partial charge in [-0.05, 0) is 20.9 Å². The lowest BCUT2D eigenvalue weighted by Crippen LogP contribution is -2.54. The summed E-state index contributed by atoms with van der Waals surface area (Å²) >= 11 is 0. The van der Waals surface area contributed by atoms with Crippen molar-refractivity contribution >= 4 is 17.5 Å². The lowest BCUT2D eigenvalue weighted by atomic mass is 9.90. The van der Waals surface area contributed by atoms with Crippen molar-refractivity contribution in [3.63, 3.8) is 0 Å². The number of likely N-dealkylation sites (tertiary alicyclic amines) is 1. The zero-order valence-corrected chi connectivity index (χ0v) is 19.2. The minimum atomic E-state index is -1.90. The Bertz CT molecular complexity index is 1020. The van der Waals surface area contributed by atoms with Crippen LogP contribution in [-0.2, 0) is 21.6 Å². The van der Waals surface area contributed by atoms with E-state index in [0.717, 1.165) is 6.20 Å². The molecule has 2 N–H and O–H groups in total. The Morgan fingerprint density at radius 3 is 2.70 bits per heavy atom. The first-order valence-corrected chi connectivity index (χ1v) is 10.8. The van der Waals surface area contributed by atoms with Crippen LogP contribution < -0.4 is 10.1 Å². The van der Waals surface area contributed by atoms with E-state index in [4.69, 9.17) is 9.47 Å². The van der Waals surface area contributed by atoms with Gasteiger partial charge in [-0.15, -0.1) is 0 Å². The second-order valence-corrected chi connectivity index (χ2v) is 8.96. The maximum atomic E-state index is 15.6. The van der Waals surface area contributed by atoms with E-state index in [-0.39, 0.29) is 37.8 Å². The summed E-state index contributed by atoms with van der Waals surface area (Å²) < 4.78 is 40.2. The Labute approximate surface area is 190 Å². The molecule has 0 aromatic carbocycles. The third-order valence-corrected chi connectivity index (χ3v) is 6.36. The van der Waals surface area contributed by atoms with Gasteiger partial charge < -0.3 is 24.6 Å². The smallest absolute Gasteiger partial charge is 0.318 e. The quantitative estimate of drug-likeness (QED) is 0.599. The highest BCUT2D eigenvalue weighted by Crippen LogP contribution is 2.44. The fraction of sp³-hybridized carbons (Fsp3) is 0.619. The molecule has 0 bridgehead atoms. The molecular formula is C21H29F2N7O3. The first-order chi connectivity index (χ1) is 15.7. The number of hydrogen-bond acceptors (Lipinski definition) is 8. The molecular weight excluding hydrogens is 436 g/mol. The highest BCUT2D eigenvalue weighted by molar-refractivity contribution is 5.87. The van der Waals surface area contributed by atoms with Gasteiger partial charge in [0.15, 0.2) is 23.1 Å². The molecule has 4 rings (SSSR count). The monoisotopic (exact) mass is 465 g/mol. The van der Waals surface area contributed by atoms with Crippen LogP contribution in [0.3, 0.4) is 0 Å². The Kier molecular flexibility index (Phi) is 6.23. The summed E-state index contributed by atoms with van der Waals surface area (Å²) in [6.07, 6.45) is 1.31. The van der Waals surface area contributed by atoms with E-state index < -0.39 is 22.9 Å². The van der Waals surface area contributed by atoms with E-state index in [2.05, 4.69) is 25.5 Å². The summed E-state index contributed by atoms with van der Waals surface area (Å²) in [6.45, 7) is 5.42. The van der Waals surface area contributed by atoms with Crippen molar-refractivity contribution in [2.45, 2.75) is 44.4 Å². The third-order valence-electron chi connectivity index (χ3n) is 6.36. The SMILES string of the molecule is COCCOc1ncc(F)c(Nc2n[nH]c3c2CN(C(=O)C2(F)CCN(C)CC2)C3(C)C)n1. The van der Waals surface area contributed by atoms with Gasteiger partial charge in [-0.1, -0.05) is 0 Å². The number of amides is 1. The van der Waals surface area contributed by atoms with E-state index >= 15 is 4.39 Å². The van der Waals surface area contributed by atoms with Crippen LogP contribution in [-0.4, -0.2) is 82.0 Å². The number of fused-ring (bicyclic) bond motifs is 1. The van der Waals surface area contributed by atoms with Gasteiger partial charge in [-0.3, -0.25) is 9.89 Å². The number of carbonyl (C=O) groups excluding carboxylic acids is 1. The number of nitrogens with one attached hydrogen (secondary N) is 2. The second kappa shape index (κ2) is 8.82. The number of aromatic nitrogens is 4. The number of rotatable bonds is 7. The Morgan fingerprint density at radius 1 is 1.27 bits per heavy atom.